The van der Waals surface area contributed by atoms with Crippen molar-refractivity contribution in [1.29, 1.82) is 0 Å². The number of hydrogen-bond acceptors (Lipinski definition) is 6. The van der Waals surface area contributed by atoms with Crippen molar-refractivity contribution in [3.63, 3.8) is 0 Å². The Hall–Kier alpha value is -0.250. The fourth-order valence-corrected chi connectivity index (χ4v) is 1.75. The summed E-state index contributed by atoms with van der Waals surface area (Å²) in [5.74, 6) is 0. The van der Waals surface area contributed by atoms with Gasteiger partial charge in [0.1, 0.15) is 18.3 Å². The van der Waals surface area contributed by atoms with Gasteiger partial charge in [-0.1, -0.05) is 0 Å². The van der Waals surface area contributed by atoms with E-state index in [9.17, 15) is 18.6 Å². The molecule has 1 aliphatic rings. The molecule has 4 atom stereocenters. The van der Waals surface area contributed by atoms with E-state index in [2.05, 4.69) is 4.72 Å². The zero-order chi connectivity index (χ0) is 11.6. The lowest BCUT2D eigenvalue weighted by Crippen LogP contribution is -2.56. The van der Waals surface area contributed by atoms with Crippen molar-refractivity contribution in [2.75, 3.05) is 19.4 Å². The molecule has 1 heterocycles. The molecule has 0 radical (unpaired) electrons. The van der Waals surface area contributed by atoms with E-state index in [-0.39, 0.29) is 13.2 Å². The maximum atomic E-state index is 10.8. The summed E-state index contributed by atoms with van der Waals surface area (Å²) in [5.41, 5.74) is 0. The first-order valence-corrected chi connectivity index (χ1v) is 6.31. The molecular weight excluding hydrogens is 226 g/mol. The first-order valence-electron chi connectivity index (χ1n) is 4.41. The van der Waals surface area contributed by atoms with E-state index in [1.807, 2.05) is 0 Å². The number of aliphatic hydroxyl groups is 3. The summed E-state index contributed by atoms with van der Waals surface area (Å²) in [6, 6.07) is 0. The standard InChI is InChI=1S/C7H15NO6S/c1-15(12,13)8-2-5-7(11)6(10)4(9)3-14-5/h4-11H,2-3H2,1H3/t4-,5+,6+,7+/m0/s1. The van der Waals surface area contributed by atoms with Crippen LogP contribution in [0.5, 0.6) is 0 Å². The molecule has 0 spiro atoms. The summed E-state index contributed by atoms with van der Waals surface area (Å²) in [6.07, 6.45) is -3.63. The summed E-state index contributed by atoms with van der Waals surface area (Å²) in [7, 11) is -3.36. The number of nitrogens with one attached hydrogen (secondary N) is 1. The van der Waals surface area contributed by atoms with Gasteiger partial charge in [0.25, 0.3) is 0 Å². The predicted molar refractivity (Wildman–Crippen MR) is 50.6 cm³/mol. The van der Waals surface area contributed by atoms with Gasteiger partial charge in [0.2, 0.25) is 10.0 Å². The van der Waals surface area contributed by atoms with Gasteiger partial charge in [-0.15, -0.1) is 0 Å². The van der Waals surface area contributed by atoms with Crippen LogP contribution in [-0.2, 0) is 14.8 Å². The summed E-state index contributed by atoms with van der Waals surface area (Å²) in [4.78, 5) is 0. The van der Waals surface area contributed by atoms with Crippen LogP contribution in [0.4, 0.5) is 0 Å². The third kappa shape index (κ3) is 3.67. The van der Waals surface area contributed by atoms with Gasteiger partial charge in [0.05, 0.1) is 19.0 Å². The maximum absolute atomic E-state index is 10.8. The average molecular weight is 241 g/mol. The number of sulfonamides is 1. The Morgan fingerprint density at radius 1 is 1.33 bits per heavy atom. The third-order valence-corrected chi connectivity index (χ3v) is 2.84. The van der Waals surface area contributed by atoms with Gasteiger partial charge in [-0.05, 0) is 0 Å². The molecule has 7 nitrogen and oxygen atoms in total. The molecular formula is C7H15NO6S. The maximum Gasteiger partial charge on any atom is 0.208 e. The average Bonchev–Trinajstić information content (AvgIpc) is 2.12. The van der Waals surface area contributed by atoms with Crippen molar-refractivity contribution in [2.45, 2.75) is 24.4 Å². The lowest BCUT2D eigenvalue weighted by molar-refractivity contribution is -0.184. The Bertz CT molecular complexity index is 305. The third-order valence-electron chi connectivity index (χ3n) is 2.15. The Balaban J connectivity index is 2.50. The van der Waals surface area contributed by atoms with Gasteiger partial charge in [-0.2, -0.15) is 0 Å². The van der Waals surface area contributed by atoms with Crippen LogP contribution in [0.15, 0.2) is 0 Å². The number of hydrogen-bond donors (Lipinski definition) is 4. The van der Waals surface area contributed by atoms with Crippen molar-refractivity contribution in [3.05, 3.63) is 0 Å². The lowest BCUT2D eigenvalue weighted by atomic mass is 10.0. The van der Waals surface area contributed by atoms with Crippen LogP contribution in [-0.4, -0.2) is 67.6 Å². The molecule has 0 bridgehead atoms. The lowest BCUT2D eigenvalue weighted by Gasteiger charge is -2.35. The van der Waals surface area contributed by atoms with Gasteiger partial charge < -0.3 is 20.1 Å². The molecule has 0 aromatic rings. The highest BCUT2D eigenvalue weighted by Crippen LogP contribution is 2.14. The Kier molecular flexibility index (Phi) is 4.04. The number of ether oxygens (including phenoxy) is 1. The predicted octanol–water partition coefficient (Wildman–Crippen LogP) is -2.98. The molecule has 0 unspecified atom stereocenters. The molecule has 1 fully saturated rings. The minimum absolute atomic E-state index is 0.131. The fraction of sp³-hybridized carbons (Fsp3) is 1.00. The Labute approximate surface area is 87.7 Å². The minimum Gasteiger partial charge on any atom is -0.388 e. The van der Waals surface area contributed by atoms with E-state index in [4.69, 9.17) is 9.84 Å². The van der Waals surface area contributed by atoms with Gasteiger partial charge in [-0.3, -0.25) is 0 Å². The van der Waals surface area contributed by atoms with Crippen LogP contribution in [0.3, 0.4) is 0 Å². The summed E-state index contributed by atoms with van der Waals surface area (Å²) >= 11 is 0. The highest BCUT2D eigenvalue weighted by atomic mass is 32.2. The van der Waals surface area contributed by atoms with Crippen LogP contribution in [0.2, 0.25) is 0 Å². The zero-order valence-electron chi connectivity index (χ0n) is 8.20. The van der Waals surface area contributed by atoms with E-state index in [1.54, 1.807) is 0 Å². The van der Waals surface area contributed by atoms with E-state index in [0.29, 0.717) is 0 Å². The quantitative estimate of drug-likeness (QED) is 0.419. The van der Waals surface area contributed by atoms with Crippen LogP contribution in [0, 0.1) is 0 Å². The summed E-state index contributed by atoms with van der Waals surface area (Å²) < 4.78 is 28.7. The largest absolute Gasteiger partial charge is 0.388 e. The van der Waals surface area contributed by atoms with Crippen molar-refractivity contribution < 1.29 is 28.5 Å². The second-order valence-corrected chi connectivity index (χ2v) is 5.37. The van der Waals surface area contributed by atoms with Crippen LogP contribution in [0.1, 0.15) is 0 Å². The smallest absolute Gasteiger partial charge is 0.208 e. The van der Waals surface area contributed by atoms with Crippen molar-refractivity contribution in [3.8, 4) is 0 Å². The molecule has 0 aromatic carbocycles. The van der Waals surface area contributed by atoms with Gasteiger partial charge in [0.15, 0.2) is 0 Å². The molecule has 1 saturated heterocycles. The first-order chi connectivity index (χ1) is 6.81. The minimum atomic E-state index is -3.36. The first kappa shape index (κ1) is 12.8. The molecule has 4 N–H and O–H groups in total. The molecule has 0 saturated carbocycles. The molecule has 8 heteroatoms. The SMILES string of the molecule is CS(=O)(=O)NC[C@H]1OC[C@H](O)[C@@H](O)[C@@H]1O. The highest BCUT2D eigenvalue weighted by molar-refractivity contribution is 7.88. The second kappa shape index (κ2) is 4.73. The van der Waals surface area contributed by atoms with Crippen LogP contribution in [0.25, 0.3) is 0 Å². The van der Waals surface area contributed by atoms with E-state index >= 15 is 0 Å². The molecule has 15 heavy (non-hydrogen) atoms. The van der Waals surface area contributed by atoms with Gasteiger partial charge in [-0.25, -0.2) is 13.1 Å². The molecule has 0 aliphatic carbocycles. The summed E-state index contributed by atoms with van der Waals surface area (Å²) in [6.45, 7) is -0.266. The Morgan fingerprint density at radius 2 is 1.93 bits per heavy atom. The molecule has 1 rings (SSSR count). The fourth-order valence-electron chi connectivity index (χ4n) is 1.28. The number of rotatable bonds is 3. The number of aliphatic hydroxyl groups excluding tert-OH is 3. The molecule has 0 aromatic heterocycles. The Morgan fingerprint density at radius 3 is 2.47 bits per heavy atom. The van der Waals surface area contributed by atoms with E-state index in [1.165, 1.54) is 0 Å². The zero-order valence-corrected chi connectivity index (χ0v) is 9.01. The summed E-state index contributed by atoms with van der Waals surface area (Å²) in [5, 5.41) is 27.8. The van der Waals surface area contributed by atoms with E-state index < -0.39 is 34.4 Å². The molecule has 90 valence electrons. The van der Waals surface area contributed by atoms with Crippen molar-refractivity contribution in [2.24, 2.45) is 0 Å². The van der Waals surface area contributed by atoms with Gasteiger partial charge >= 0.3 is 0 Å². The van der Waals surface area contributed by atoms with E-state index in [0.717, 1.165) is 6.26 Å². The molecule has 1 aliphatic heterocycles. The highest BCUT2D eigenvalue weighted by Gasteiger charge is 2.37. The monoisotopic (exact) mass is 241 g/mol. The van der Waals surface area contributed by atoms with Crippen LogP contribution >= 0.6 is 0 Å². The van der Waals surface area contributed by atoms with Crippen LogP contribution < -0.4 is 4.72 Å². The second-order valence-electron chi connectivity index (χ2n) is 3.54. The van der Waals surface area contributed by atoms with Gasteiger partial charge in [0, 0.05) is 6.54 Å². The van der Waals surface area contributed by atoms with Crippen molar-refractivity contribution in [1.82, 2.24) is 4.72 Å². The normalized spacial score (nSPS) is 37.9. The molecule has 0 amide bonds. The topological polar surface area (TPSA) is 116 Å². The van der Waals surface area contributed by atoms with Crippen molar-refractivity contribution >= 4 is 10.0 Å².